The molecule has 145 valence electrons. The van der Waals surface area contributed by atoms with Crippen LogP contribution in [0.1, 0.15) is 41.5 Å². The third-order valence-corrected chi connectivity index (χ3v) is 3.79. The topological polar surface area (TPSA) is 14.1 Å². The standard InChI is InChI=1S/C4H8N.2C4H7.5V.7W/c1-4(2)5-3;2*1-4(2)3;;;;;;;;;;;;/h3-4H,1-2H3;2*4H,1-2H3;;;;;;;;;;;;/q3*-1;;;;;;;;;;;;. The van der Waals surface area contributed by atoms with Gasteiger partial charge in [-0.15, -0.1) is 0 Å². The van der Waals surface area contributed by atoms with Gasteiger partial charge in [-0.05, 0) is 0 Å². The average molecular weight is 1720 g/mol. The molecule has 0 aromatic heterocycles. The maximum absolute atomic E-state index is 4.04. The van der Waals surface area contributed by atoms with Crippen LogP contribution in [0.5, 0.6) is 0 Å². The van der Waals surface area contributed by atoms with Crippen LogP contribution in [0.25, 0.3) is 5.32 Å². The zero-order valence-corrected chi connectivity index (χ0v) is 42.4. The minimum absolute atomic E-state index is 0. The number of hydrogen-bond acceptors (Lipinski definition) is 0. The summed E-state index contributed by atoms with van der Waals surface area (Å²) in [4.78, 5) is 0. The first-order valence-corrected chi connectivity index (χ1v) is 38.2. The van der Waals surface area contributed by atoms with Crippen LogP contribution in [0.2, 0.25) is 0 Å². The van der Waals surface area contributed by atoms with E-state index in [2.05, 4.69) is 131 Å². The minimum atomic E-state index is 0. The van der Waals surface area contributed by atoms with Crippen LogP contribution in [0.3, 0.4) is 0 Å². The summed E-state index contributed by atoms with van der Waals surface area (Å²) in [5.74, 6) is 1.28. The number of hydrogen-bond donors (Lipinski definition) is 0. The monoisotopic (exact) mass is 1720 g/mol. The molecule has 0 saturated carbocycles. The Morgan fingerprint density at radius 2 is 1.00 bits per heavy atom. The van der Waals surface area contributed by atoms with Crippen molar-refractivity contribution in [2.45, 2.75) is 47.6 Å². The molecule has 0 spiro atoms. The van der Waals surface area contributed by atoms with Crippen molar-refractivity contribution in [3.05, 3.63) is 5.32 Å². The fourth-order valence-electron chi connectivity index (χ4n) is 0.122. The Morgan fingerprint density at radius 3 is 1.00 bits per heavy atom. The molecular weight excluding hydrogens is 1700 g/mol. The van der Waals surface area contributed by atoms with Crippen molar-refractivity contribution in [1.82, 2.24) is 0 Å². The second-order valence-electron chi connectivity index (χ2n) is 3.90. The van der Waals surface area contributed by atoms with Crippen LogP contribution in [0, 0.1) is 11.8 Å². The van der Waals surface area contributed by atoms with Gasteiger partial charge in [-0.3, -0.25) is 0 Å². The molecule has 0 fully saturated rings. The van der Waals surface area contributed by atoms with Crippen molar-refractivity contribution in [3.8, 4) is 0 Å². The Balaban J connectivity index is -0.0000000237. The summed E-state index contributed by atoms with van der Waals surface area (Å²) in [5.41, 5.74) is 0. The van der Waals surface area contributed by atoms with Crippen molar-refractivity contribution in [1.29, 1.82) is 0 Å². The van der Waals surface area contributed by atoms with Gasteiger partial charge in [0.25, 0.3) is 0 Å². The van der Waals surface area contributed by atoms with E-state index in [-0.39, 0.29) is 21.1 Å². The summed E-state index contributed by atoms with van der Waals surface area (Å²) in [6, 6.07) is 0.488. The third-order valence-electron chi connectivity index (χ3n) is 0.853. The number of nitrogens with zero attached hydrogens (tertiary/aromatic N) is 1. The summed E-state index contributed by atoms with van der Waals surface area (Å²) < 4.78 is 7.98. The van der Waals surface area contributed by atoms with Gasteiger partial charge in [0.1, 0.15) is 0 Å². The summed E-state index contributed by atoms with van der Waals surface area (Å²) in [6.07, 6.45) is 0. The van der Waals surface area contributed by atoms with Crippen molar-refractivity contribution in [2.24, 2.45) is 11.8 Å². The van der Waals surface area contributed by atoms with E-state index in [4.69, 9.17) is 0 Å². The first-order chi connectivity index (χ1) is 11.3. The summed E-state index contributed by atoms with van der Waals surface area (Å²) in [6.45, 7) is 12.6. The van der Waals surface area contributed by atoms with Crippen molar-refractivity contribution < 1.29 is 200 Å². The van der Waals surface area contributed by atoms with Gasteiger partial charge in [0.05, 0.1) is 0 Å². The van der Waals surface area contributed by atoms with Crippen molar-refractivity contribution >= 4 is 13.7 Å². The van der Waals surface area contributed by atoms with Gasteiger partial charge in [-0.2, -0.15) is 0 Å². The van der Waals surface area contributed by atoms with E-state index in [1.54, 1.807) is 64.9 Å². The SMILES string of the molecule is CC(C)[C-]=[V].CC(C)[C-]=[W].CC(C)[N-][CH]=[W].[V]=[V].[V]=[V].[W].[W]=[W].[W]=[W]. The summed E-state index contributed by atoms with van der Waals surface area (Å²) in [5, 5.41) is 4.04. The average Bonchev–Trinajstić information content (AvgIpc) is 2.62. The first kappa shape index (κ1) is 53.6. The van der Waals surface area contributed by atoms with E-state index in [1.807, 2.05) is 4.52 Å². The van der Waals surface area contributed by atoms with Gasteiger partial charge in [0, 0.05) is 21.1 Å². The molecule has 0 saturated heterocycles. The van der Waals surface area contributed by atoms with E-state index in [1.165, 1.54) is 38.7 Å². The normalized spacial score (nSPS) is 6.08. The molecule has 0 aromatic carbocycles. The Hall–Kier alpha value is 7.31. The fourth-order valence-corrected chi connectivity index (χ4v) is 0.996. The molecular formula is C12H22NV5W7-3. The molecule has 0 rings (SSSR count). The van der Waals surface area contributed by atoms with E-state index >= 15 is 0 Å². The van der Waals surface area contributed by atoms with Gasteiger partial charge in [0.15, 0.2) is 0 Å². The molecule has 13 heteroatoms. The molecule has 0 unspecified atom stereocenters. The van der Waals surface area contributed by atoms with Crippen LogP contribution in [0.4, 0.5) is 0 Å². The van der Waals surface area contributed by atoms with Crippen LogP contribution in [0.15, 0.2) is 0 Å². The molecule has 0 amide bonds. The summed E-state index contributed by atoms with van der Waals surface area (Å²) in [7, 11) is 0. The van der Waals surface area contributed by atoms with Gasteiger partial charge in [-0.1, -0.05) is 0 Å². The number of rotatable bonds is 4. The first-order valence-electron chi connectivity index (χ1n) is 5.95. The predicted molar refractivity (Wildman–Crippen MR) is 64.2 cm³/mol. The molecule has 25 heavy (non-hydrogen) atoms. The molecule has 1 nitrogen and oxygen atoms in total. The molecule has 0 radical (unpaired) electrons. The Labute approximate surface area is 272 Å². The van der Waals surface area contributed by atoms with Crippen LogP contribution < -0.4 is 0 Å². The Morgan fingerprint density at radius 1 is 0.800 bits per heavy atom. The van der Waals surface area contributed by atoms with Gasteiger partial charge < -0.3 is 0 Å². The predicted octanol–water partition coefficient (Wildman–Crippen LogP) is 2.79. The van der Waals surface area contributed by atoms with Crippen molar-refractivity contribution in [2.75, 3.05) is 0 Å². The van der Waals surface area contributed by atoms with Crippen molar-refractivity contribution in [3.63, 3.8) is 0 Å². The molecule has 0 aliphatic rings. The summed E-state index contributed by atoms with van der Waals surface area (Å²) >= 11 is 20.9. The second kappa shape index (κ2) is 69.7. The second-order valence-corrected chi connectivity index (χ2v) is 5.91. The van der Waals surface area contributed by atoms with Gasteiger partial charge >= 0.3 is 257 Å². The van der Waals surface area contributed by atoms with E-state index in [9.17, 15) is 0 Å². The zero-order chi connectivity index (χ0) is 21.6. The van der Waals surface area contributed by atoms with Crippen LogP contribution in [-0.4, -0.2) is 19.7 Å². The van der Waals surface area contributed by atoms with E-state index in [0.29, 0.717) is 17.9 Å². The third kappa shape index (κ3) is 131. The molecule has 0 aromatic rings. The zero-order valence-electron chi connectivity index (χ0n) is 14.9. The molecule has 0 atom stereocenters. The molecule has 0 heterocycles. The molecule has 0 aliphatic heterocycles. The quantitative estimate of drug-likeness (QED) is 0.386. The maximum atomic E-state index is 4.04. The van der Waals surface area contributed by atoms with E-state index < -0.39 is 0 Å². The van der Waals surface area contributed by atoms with E-state index in [0.717, 1.165) is 0 Å². The van der Waals surface area contributed by atoms with Gasteiger partial charge in [-0.25, -0.2) is 0 Å². The Kier molecular flexibility index (Phi) is 149. The van der Waals surface area contributed by atoms with Gasteiger partial charge in [0.2, 0.25) is 0 Å². The van der Waals surface area contributed by atoms with Crippen LogP contribution >= 0.6 is 0 Å². The molecule has 0 bridgehead atoms. The Bertz CT molecular complexity index is 218. The molecule has 0 aliphatic carbocycles. The fraction of sp³-hybridized carbons (Fsp3) is 0.750. The van der Waals surface area contributed by atoms with Crippen LogP contribution in [-0.2, 0) is 200 Å². The molecule has 0 N–H and O–H groups in total.